The predicted octanol–water partition coefficient (Wildman–Crippen LogP) is 6.97. The highest BCUT2D eigenvalue weighted by Gasteiger charge is 2.09. The van der Waals surface area contributed by atoms with E-state index in [9.17, 15) is 0 Å². The summed E-state index contributed by atoms with van der Waals surface area (Å²) < 4.78 is 2.64. The molecule has 1 aromatic heterocycles. The van der Waals surface area contributed by atoms with Gasteiger partial charge in [-0.15, -0.1) is 11.3 Å². The Morgan fingerprint density at radius 1 is 0.778 bits per heavy atom. The van der Waals surface area contributed by atoms with Gasteiger partial charge in [-0.2, -0.15) is 0 Å². The van der Waals surface area contributed by atoms with Crippen molar-refractivity contribution in [2.45, 2.75) is 13.0 Å². The average Bonchev–Trinajstić information content (AvgIpc) is 3.06. The van der Waals surface area contributed by atoms with E-state index in [0.29, 0.717) is 0 Å². The Morgan fingerprint density at radius 3 is 2.37 bits per heavy atom. The second kappa shape index (κ2) is 6.38. The number of benzene rings is 4. The molecule has 5 aromatic rings. The highest BCUT2D eigenvalue weighted by atomic mass is 32.1. The first-order valence-electron chi connectivity index (χ1n) is 9.16. The number of hydrogen-bond donors (Lipinski definition) is 2. The molecule has 0 bridgehead atoms. The van der Waals surface area contributed by atoms with Gasteiger partial charge in [0, 0.05) is 37.6 Å². The largest absolute Gasteiger partial charge is 0.355 e. The van der Waals surface area contributed by atoms with Gasteiger partial charge >= 0.3 is 0 Å². The zero-order valence-corrected chi connectivity index (χ0v) is 15.9. The fourth-order valence-electron chi connectivity index (χ4n) is 3.66. The molecule has 0 saturated heterocycles. The van der Waals surface area contributed by atoms with Crippen LogP contribution in [0.4, 0.5) is 11.4 Å². The van der Waals surface area contributed by atoms with Gasteiger partial charge in [0.25, 0.3) is 0 Å². The second-order valence-electron chi connectivity index (χ2n) is 7.01. The lowest BCUT2D eigenvalue weighted by atomic mass is 10.0. The van der Waals surface area contributed by atoms with Gasteiger partial charge in [0.1, 0.15) is 0 Å². The molecule has 0 aliphatic carbocycles. The van der Waals surface area contributed by atoms with Crippen LogP contribution in [0.3, 0.4) is 0 Å². The zero-order chi connectivity index (χ0) is 18.4. The Balaban J connectivity index is 1.57. The lowest BCUT2D eigenvalue weighted by Crippen LogP contribution is -2.04. The molecule has 0 aliphatic heterocycles. The summed E-state index contributed by atoms with van der Waals surface area (Å²) in [6.45, 7) is 2.00. The van der Waals surface area contributed by atoms with E-state index in [1.54, 1.807) is 0 Å². The Morgan fingerprint density at radius 2 is 1.56 bits per heavy atom. The summed E-state index contributed by atoms with van der Waals surface area (Å²) in [5, 5.41) is 8.82. The number of nitrogens with one attached hydrogen (secondary N) is 1. The van der Waals surface area contributed by atoms with Crippen molar-refractivity contribution in [2.75, 3.05) is 5.32 Å². The third-order valence-electron chi connectivity index (χ3n) is 5.09. The molecule has 27 heavy (non-hydrogen) atoms. The fourth-order valence-corrected chi connectivity index (χ4v) is 4.82. The van der Waals surface area contributed by atoms with Crippen molar-refractivity contribution in [1.29, 1.82) is 0 Å². The molecule has 0 amide bonds. The molecule has 4 aromatic carbocycles. The number of hydrogen-bond acceptors (Lipinski definition) is 3. The van der Waals surface area contributed by atoms with Gasteiger partial charge in [0.2, 0.25) is 0 Å². The van der Waals surface area contributed by atoms with Gasteiger partial charge in [-0.25, -0.2) is 0 Å². The molecule has 132 valence electrons. The summed E-state index contributed by atoms with van der Waals surface area (Å²) in [7, 11) is 0. The first-order chi connectivity index (χ1) is 13.2. The maximum atomic E-state index is 5.94. The molecule has 3 N–H and O–H groups in total. The van der Waals surface area contributed by atoms with Crippen LogP contribution in [0.25, 0.3) is 30.9 Å². The van der Waals surface area contributed by atoms with E-state index < -0.39 is 0 Å². The molecule has 5 rings (SSSR count). The van der Waals surface area contributed by atoms with Crippen LogP contribution in [0.1, 0.15) is 18.5 Å². The summed E-state index contributed by atoms with van der Waals surface area (Å²) in [5.74, 6) is 0. The highest BCUT2D eigenvalue weighted by Crippen LogP contribution is 2.39. The topological polar surface area (TPSA) is 38.0 Å². The van der Waals surface area contributed by atoms with E-state index in [4.69, 9.17) is 5.73 Å². The SMILES string of the molecule is CC(N)c1ccc(Nc2ccc3c(c2)sc2ccc4ccccc4c23)cc1. The van der Waals surface area contributed by atoms with E-state index in [-0.39, 0.29) is 6.04 Å². The number of rotatable bonds is 3. The first-order valence-corrected chi connectivity index (χ1v) is 9.97. The molecule has 0 aliphatic rings. The van der Waals surface area contributed by atoms with Crippen molar-refractivity contribution < 1.29 is 0 Å². The van der Waals surface area contributed by atoms with Gasteiger partial charge < -0.3 is 11.1 Å². The van der Waals surface area contributed by atoms with Crippen LogP contribution in [0.15, 0.2) is 78.9 Å². The summed E-state index contributed by atoms with van der Waals surface area (Å²) >= 11 is 1.85. The third-order valence-corrected chi connectivity index (χ3v) is 6.20. The van der Waals surface area contributed by atoms with Crippen LogP contribution in [-0.2, 0) is 0 Å². The van der Waals surface area contributed by atoms with Gasteiger partial charge in [-0.1, -0.05) is 48.5 Å². The van der Waals surface area contributed by atoms with E-state index >= 15 is 0 Å². The van der Waals surface area contributed by atoms with Crippen LogP contribution in [0, 0.1) is 0 Å². The van der Waals surface area contributed by atoms with E-state index in [2.05, 4.69) is 84.2 Å². The van der Waals surface area contributed by atoms with Crippen molar-refractivity contribution in [1.82, 2.24) is 0 Å². The van der Waals surface area contributed by atoms with E-state index in [1.165, 1.54) is 30.9 Å². The average molecular weight is 369 g/mol. The molecule has 1 heterocycles. The van der Waals surface area contributed by atoms with Gasteiger partial charge in [-0.3, -0.25) is 0 Å². The van der Waals surface area contributed by atoms with Crippen LogP contribution in [0.5, 0.6) is 0 Å². The maximum absolute atomic E-state index is 5.94. The zero-order valence-electron chi connectivity index (χ0n) is 15.1. The van der Waals surface area contributed by atoms with Crippen LogP contribution in [0.2, 0.25) is 0 Å². The molecular formula is C24H20N2S. The molecule has 0 radical (unpaired) electrons. The van der Waals surface area contributed by atoms with Gasteiger partial charge in [0.15, 0.2) is 0 Å². The Bertz CT molecular complexity index is 1270. The first kappa shape index (κ1) is 16.3. The van der Waals surface area contributed by atoms with Crippen LogP contribution in [-0.4, -0.2) is 0 Å². The molecule has 0 fully saturated rings. The van der Waals surface area contributed by atoms with Crippen molar-refractivity contribution in [3.8, 4) is 0 Å². The van der Waals surface area contributed by atoms with Crippen molar-refractivity contribution in [3.05, 3.63) is 84.4 Å². The predicted molar refractivity (Wildman–Crippen MR) is 119 cm³/mol. The Labute approximate surface area is 162 Å². The lowest BCUT2D eigenvalue weighted by molar-refractivity contribution is 0.818. The minimum absolute atomic E-state index is 0.0590. The van der Waals surface area contributed by atoms with Crippen LogP contribution >= 0.6 is 11.3 Å². The number of fused-ring (bicyclic) bond motifs is 5. The van der Waals surface area contributed by atoms with Gasteiger partial charge in [-0.05, 0) is 53.6 Å². The highest BCUT2D eigenvalue weighted by molar-refractivity contribution is 7.26. The van der Waals surface area contributed by atoms with Gasteiger partial charge in [0.05, 0.1) is 0 Å². The van der Waals surface area contributed by atoms with Crippen LogP contribution < -0.4 is 11.1 Å². The molecular weight excluding hydrogens is 348 g/mol. The number of nitrogens with two attached hydrogens (primary N) is 1. The standard InChI is InChI=1S/C24H20N2S/c1-15(25)16-6-9-18(10-7-16)26-19-11-12-21-23(14-19)27-22-13-8-17-4-2-3-5-20(17)24(21)22/h2-15,26H,25H2,1H3. The van der Waals surface area contributed by atoms with Crippen molar-refractivity contribution in [3.63, 3.8) is 0 Å². The summed E-state index contributed by atoms with van der Waals surface area (Å²) in [4.78, 5) is 0. The smallest absolute Gasteiger partial charge is 0.0398 e. The Kier molecular flexibility index (Phi) is 3.85. The molecule has 2 nitrogen and oxygen atoms in total. The van der Waals surface area contributed by atoms with E-state index in [0.717, 1.165) is 16.9 Å². The van der Waals surface area contributed by atoms with Crippen molar-refractivity contribution in [2.24, 2.45) is 5.73 Å². The molecule has 3 heteroatoms. The molecule has 1 atom stereocenters. The maximum Gasteiger partial charge on any atom is 0.0398 e. The number of thiophene rings is 1. The normalized spacial score (nSPS) is 12.7. The molecule has 0 spiro atoms. The quantitative estimate of drug-likeness (QED) is 0.361. The monoisotopic (exact) mass is 368 g/mol. The number of anilines is 2. The Hall–Kier alpha value is -2.88. The van der Waals surface area contributed by atoms with E-state index in [1.807, 2.05) is 18.3 Å². The minimum atomic E-state index is 0.0590. The molecule has 1 unspecified atom stereocenters. The summed E-state index contributed by atoms with van der Waals surface area (Å²) in [6.07, 6.45) is 0. The lowest BCUT2D eigenvalue weighted by Gasteiger charge is -2.09. The summed E-state index contributed by atoms with van der Waals surface area (Å²) in [6, 6.07) is 28.1. The van der Waals surface area contributed by atoms with Crippen molar-refractivity contribution >= 4 is 53.7 Å². The summed E-state index contributed by atoms with van der Waals surface area (Å²) in [5.41, 5.74) is 9.26. The minimum Gasteiger partial charge on any atom is -0.355 e. The third kappa shape index (κ3) is 2.85. The fraction of sp³-hybridized carbons (Fsp3) is 0.0833. The molecule has 0 saturated carbocycles. The second-order valence-corrected chi connectivity index (χ2v) is 8.09.